The summed E-state index contributed by atoms with van der Waals surface area (Å²) in [7, 11) is 4.37. The Morgan fingerprint density at radius 1 is 1.44 bits per heavy atom. The molecule has 0 aromatic carbocycles. The van der Waals surface area contributed by atoms with Gasteiger partial charge in [0.15, 0.2) is 0 Å². The van der Waals surface area contributed by atoms with Gasteiger partial charge in [0.05, 0.1) is 0 Å². The van der Waals surface area contributed by atoms with E-state index in [1.807, 2.05) is 0 Å². The number of hydrogen-bond donors (Lipinski definition) is 1. The van der Waals surface area contributed by atoms with Crippen LogP contribution in [-0.2, 0) is 0 Å². The van der Waals surface area contributed by atoms with Gasteiger partial charge in [0.1, 0.15) is 0 Å². The standard InChI is InChI=1S/C13H29N3/c1-11(14)13(2,3)10-16-8-6-7-12(9-16)15(4)5/h11-12H,6-10,14H2,1-5H3. The predicted octanol–water partition coefficient (Wildman–Crippen LogP) is 1.39. The van der Waals surface area contributed by atoms with E-state index in [9.17, 15) is 0 Å². The van der Waals surface area contributed by atoms with Crippen LogP contribution < -0.4 is 5.73 Å². The van der Waals surface area contributed by atoms with Gasteiger partial charge in [-0.3, -0.25) is 0 Å². The van der Waals surface area contributed by atoms with Crippen molar-refractivity contribution in [2.75, 3.05) is 33.7 Å². The van der Waals surface area contributed by atoms with E-state index in [1.165, 1.54) is 25.9 Å². The van der Waals surface area contributed by atoms with Gasteiger partial charge in [-0.1, -0.05) is 13.8 Å². The molecule has 0 bridgehead atoms. The van der Waals surface area contributed by atoms with Gasteiger partial charge in [0.2, 0.25) is 0 Å². The molecule has 1 aliphatic rings. The van der Waals surface area contributed by atoms with Crippen molar-refractivity contribution < 1.29 is 0 Å². The van der Waals surface area contributed by atoms with Gasteiger partial charge in [-0.2, -0.15) is 0 Å². The van der Waals surface area contributed by atoms with Gasteiger partial charge in [-0.25, -0.2) is 0 Å². The predicted molar refractivity (Wildman–Crippen MR) is 70.6 cm³/mol. The number of nitrogens with zero attached hydrogens (tertiary/aromatic N) is 2. The van der Waals surface area contributed by atoms with Crippen molar-refractivity contribution in [3.8, 4) is 0 Å². The number of likely N-dealkylation sites (N-methyl/N-ethyl adjacent to an activating group) is 1. The fourth-order valence-corrected chi connectivity index (χ4v) is 2.32. The second-order valence-corrected chi connectivity index (χ2v) is 6.27. The SMILES string of the molecule is CC(N)C(C)(C)CN1CCCC(N(C)C)C1. The van der Waals surface area contributed by atoms with E-state index in [-0.39, 0.29) is 11.5 Å². The monoisotopic (exact) mass is 227 g/mol. The average molecular weight is 227 g/mol. The Labute approximate surface area is 101 Å². The maximum atomic E-state index is 6.04. The molecule has 1 aliphatic heterocycles. The first kappa shape index (κ1) is 13.9. The van der Waals surface area contributed by atoms with Crippen LogP contribution in [0.2, 0.25) is 0 Å². The van der Waals surface area contributed by atoms with Crippen molar-refractivity contribution >= 4 is 0 Å². The van der Waals surface area contributed by atoms with Crippen LogP contribution in [0.15, 0.2) is 0 Å². The summed E-state index contributed by atoms with van der Waals surface area (Å²) >= 11 is 0. The van der Waals surface area contributed by atoms with Gasteiger partial charge >= 0.3 is 0 Å². The second-order valence-electron chi connectivity index (χ2n) is 6.27. The smallest absolute Gasteiger partial charge is 0.0217 e. The molecule has 1 heterocycles. The highest BCUT2D eigenvalue weighted by atomic mass is 15.2. The fraction of sp³-hybridized carbons (Fsp3) is 1.00. The van der Waals surface area contributed by atoms with Crippen molar-refractivity contribution in [1.29, 1.82) is 0 Å². The second kappa shape index (κ2) is 5.48. The summed E-state index contributed by atoms with van der Waals surface area (Å²) in [5, 5.41) is 0. The van der Waals surface area contributed by atoms with Crippen LogP contribution in [0, 0.1) is 5.41 Å². The number of piperidine rings is 1. The molecule has 0 radical (unpaired) electrons. The van der Waals surface area contributed by atoms with Crippen LogP contribution in [0.4, 0.5) is 0 Å². The molecule has 2 atom stereocenters. The summed E-state index contributed by atoms with van der Waals surface area (Å²) in [5.74, 6) is 0. The van der Waals surface area contributed by atoms with Gasteiger partial charge in [0, 0.05) is 25.2 Å². The molecule has 16 heavy (non-hydrogen) atoms. The third kappa shape index (κ3) is 3.72. The van der Waals surface area contributed by atoms with E-state index in [1.54, 1.807) is 0 Å². The molecular formula is C13H29N3. The summed E-state index contributed by atoms with van der Waals surface area (Å²) < 4.78 is 0. The number of likely N-dealkylation sites (tertiary alicyclic amines) is 1. The van der Waals surface area contributed by atoms with E-state index < -0.39 is 0 Å². The molecule has 3 nitrogen and oxygen atoms in total. The molecule has 2 N–H and O–H groups in total. The van der Waals surface area contributed by atoms with Crippen molar-refractivity contribution in [2.45, 2.75) is 45.7 Å². The lowest BCUT2D eigenvalue weighted by Gasteiger charge is -2.41. The molecule has 1 rings (SSSR count). The zero-order valence-electron chi connectivity index (χ0n) is 11.7. The zero-order chi connectivity index (χ0) is 12.3. The lowest BCUT2D eigenvalue weighted by Crippen LogP contribution is -2.51. The average Bonchev–Trinajstić information content (AvgIpc) is 2.17. The molecular weight excluding hydrogens is 198 g/mol. The van der Waals surface area contributed by atoms with E-state index in [2.05, 4.69) is 44.7 Å². The van der Waals surface area contributed by atoms with Crippen molar-refractivity contribution in [3.63, 3.8) is 0 Å². The number of hydrogen-bond acceptors (Lipinski definition) is 3. The first-order chi connectivity index (χ1) is 7.33. The third-order valence-corrected chi connectivity index (χ3v) is 4.07. The normalized spacial score (nSPS) is 26.1. The minimum absolute atomic E-state index is 0.216. The first-order valence-electron chi connectivity index (χ1n) is 6.47. The minimum atomic E-state index is 0.216. The third-order valence-electron chi connectivity index (χ3n) is 4.07. The van der Waals surface area contributed by atoms with Crippen LogP contribution in [0.25, 0.3) is 0 Å². The Balaban J connectivity index is 2.49. The number of nitrogens with two attached hydrogens (primary N) is 1. The first-order valence-corrected chi connectivity index (χ1v) is 6.47. The topological polar surface area (TPSA) is 32.5 Å². The Hall–Kier alpha value is -0.120. The van der Waals surface area contributed by atoms with Crippen LogP contribution in [0.3, 0.4) is 0 Å². The van der Waals surface area contributed by atoms with Crippen molar-refractivity contribution in [3.05, 3.63) is 0 Å². The van der Waals surface area contributed by atoms with Crippen molar-refractivity contribution in [1.82, 2.24) is 9.80 Å². The summed E-state index contributed by atoms with van der Waals surface area (Å²) in [6, 6.07) is 0.977. The highest BCUT2D eigenvalue weighted by molar-refractivity contribution is 4.85. The lowest BCUT2D eigenvalue weighted by molar-refractivity contribution is 0.0889. The molecule has 96 valence electrons. The lowest BCUT2D eigenvalue weighted by atomic mass is 9.84. The van der Waals surface area contributed by atoms with Crippen LogP contribution in [0.1, 0.15) is 33.6 Å². The largest absolute Gasteiger partial charge is 0.327 e. The minimum Gasteiger partial charge on any atom is -0.327 e. The fourth-order valence-electron chi connectivity index (χ4n) is 2.32. The molecule has 3 heteroatoms. The Kier molecular flexibility index (Phi) is 4.77. The van der Waals surface area contributed by atoms with Gasteiger partial charge in [-0.15, -0.1) is 0 Å². The molecule has 0 saturated carbocycles. The highest BCUT2D eigenvalue weighted by Crippen LogP contribution is 2.23. The maximum absolute atomic E-state index is 6.04. The van der Waals surface area contributed by atoms with Gasteiger partial charge in [-0.05, 0) is 45.8 Å². The Morgan fingerprint density at radius 2 is 2.06 bits per heavy atom. The molecule has 2 unspecified atom stereocenters. The van der Waals surface area contributed by atoms with E-state index in [0.29, 0.717) is 0 Å². The molecule has 0 amide bonds. The number of rotatable bonds is 4. The molecule has 1 fully saturated rings. The summed E-state index contributed by atoms with van der Waals surface area (Å²) in [4.78, 5) is 4.93. The van der Waals surface area contributed by atoms with Gasteiger partial charge in [0.25, 0.3) is 0 Å². The molecule has 0 aromatic heterocycles. The van der Waals surface area contributed by atoms with Crippen molar-refractivity contribution in [2.24, 2.45) is 11.1 Å². The summed E-state index contributed by atoms with van der Waals surface area (Å²) in [5.41, 5.74) is 6.26. The van der Waals surface area contributed by atoms with E-state index >= 15 is 0 Å². The van der Waals surface area contributed by atoms with Crippen LogP contribution in [-0.4, -0.2) is 55.6 Å². The molecule has 0 spiro atoms. The zero-order valence-corrected chi connectivity index (χ0v) is 11.7. The summed E-state index contributed by atoms with van der Waals surface area (Å²) in [6.07, 6.45) is 2.65. The molecule has 1 saturated heterocycles. The molecule has 0 aromatic rings. The quantitative estimate of drug-likeness (QED) is 0.788. The Bertz CT molecular complexity index is 211. The van der Waals surface area contributed by atoms with Crippen LogP contribution in [0.5, 0.6) is 0 Å². The van der Waals surface area contributed by atoms with Crippen LogP contribution >= 0.6 is 0 Å². The Morgan fingerprint density at radius 3 is 2.56 bits per heavy atom. The highest BCUT2D eigenvalue weighted by Gasteiger charge is 2.29. The summed E-state index contributed by atoms with van der Waals surface area (Å²) in [6.45, 7) is 10.2. The maximum Gasteiger partial charge on any atom is 0.0217 e. The van der Waals surface area contributed by atoms with Gasteiger partial charge < -0.3 is 15.5 Å². The molecule has 0 aliphatic carbocycles. The van der Waals surface area contributed by atoms with E-state index in [4.69, 9.17) is 5.73 Å². The van der Waals surface area contributed by atoms with E-state index in [0.717, 1.165) is 12.6 Å².